The van der Waals surface area contributed by atoms with E-state index in [2.05, 4.69) is 4.74 Å². The third-order valence-corrected chi connectivity index (χ3v) is 6.18. The van der Waals surface area contributed by atoms with E-state index in [0.29, 0.717) is 0 Å². The first-order valence-electron chi connectivity index (χ1n) is 8.22. The van der Waals surface area contributed by atoms with Crippen molar-refractivity contribution in [3.8, 4) is 0 Å². The normalized spacial score (nSPS) is 22.3. The summed E-state index contributed by atoms with van der Waals surface area (Å²) in [4.78, 5) is 25.7. The van der Waals surface area contributed by atoms with Crippen LogP contribution in [0.25, 0.3) is 0 Å². The molecule has 1 unspecified atom stereocenters. The number of halogens is 2. The van der Waals surface area contributed by atoms with Gasteiger partial charge >= 0.3 is 12.1 Å². The number of carbonyl (C=O) groups excluding carboxylic acids is 2. The molecule has 0 spiro atoms. The minimum Gasteiger partial charge on any atom is -0.466 e. The number of hydrogen-bond donors (Lipinski definition) is 0. The molecular weight excluding hydrogens is 386 g/mol. The van der Waals surface area contributed by atoms with E-state index >= 15 is 0 Å². The van der Waals surface area contributed by atoms with Gasteiger partial charge in [-0.2, -0.15) is 0 Å². The highest BCUT2D eigenvalue weighted by Crippen LogP contribution is 2.31. The van der Waals surface area contributed by atoms with Crippen molar-refractivity contribution >= 4 is 33.3 Å². The molecule has 27 heavy (non-hydrogen) atoms. The van der Waals surface area contributed by atoms with E-state index in [-0.39, 0.29) is 48.9 Å². The van der Waals surface area contributed by atoms with Gasteiger partial charge in [-0.05, 0) is 6.42 Å². The molecule has 0 radical (unpaired) electrons. The van der Waals surface area contributed by atoms with Gasteiger partial charge in [-0.15, -0.1) is 0 Å². The van der Waals surface area contributed by atoms with Gasteiger partial charge in [0.05, 0.1) is 30.8 Å². The molecule has 1 amide bonds. The van der Waals surface area contributed by atoms with E-state index in [4.69, 9.17) is 4.74 Å². The van der Waals surface area contributed by atoms with E-state index in [1.807, 2.05) is 0 Å². The third-order valence-electron chi connectivity index (χ3n) is 4.46. The summed E-state index contributed by atoms with van der Waals surface area (Å²) in [5.41, 5.74) is -0.444. The highest BCUT2D eigenvalue weighted by molar-refractivity contribution is 7.91. The number of esters is 1. The van der Waals surface area contributed by atoms with Gasteiger partial charge in [-0.1, -0.05) is 0 Å². The molecule has 0 N–H and O–H groups in total. The first kappa shape index (κ1) is 19.3. The Kier molecular flexibility index (Phi) is 5.22. The van der Waals surface area contributed by atoms with E-state index in [1.54, 1.807) is 0 Å². The van der Waals surface area contributed by atoms with Gasteiger partial charge in [0.2, 0.25) is 6.10 Å². The van der Waals surface area contributed by atoms with Crippen LogP contribution < -0.4 is 9.80 Å². The summed E-state index contributed by atoms with van der Waals surface area (Å²) in [6, 6.07) is 1.91. The minimum absolute atomic E-state index is 0.0221. The third kappa shape index (κ3) is 3.97. The van der Waals surface area contributed by atoms with Crippen molar-refractivity contribution in [2.24, 2.45) is 0 Å². The minimum atomic E-state index is -3.23. The molecule has 2 fully saturated rings. The predicted molar refractivity (Wildman–Crippen MR) is 91.5 cm³/mol. The van der Waals surface area contributed by atoms with Crippen molar-refractivity contribution in [1.29, 1.82) is 0 Å². The van der Waals surface area contributed by atoms with Gasteiger partial charge in [0.25, 0.3) is 0 Å². The number of amides is 1. The second-order valence-electron chi connectivity index (χ2n) is 6.26. The number of anilines is 2. The van der Waals surface area contributed by atoms with Crippen LogP contribution in [0, 0.1) is 11.6 Å². The molecule has 1 atom stereocenters. The maximum atomic E-state index is 14.6. The van der Waals surface area contributed by atoms with Crippen LogP contribution in [0.4, 0.5) is 25.0 Å². The zero-order valence-corrected chi connectivity index (χ0v) is 15.3. The first-order chi connectivity index (χ1) is 12.7. The Morgan fingerprint density at radius 3 is 2.52 bits per heavy atom. The number of cyclic esters (lactones) is 1. The van der Waals surface area contributed by atoms with Crippen molar-refractivity contribution in [2.75, 3.05) is 48.0 Å². The number of benzene rings is 1. The van der Waals surface area contributed by atoms with Crippen LogP contribution in [-0.2, 0) is 24.1 Å². The summed E-state index contributed by atoms with van der Waals surface area (Å²) < 4.78 is 61.9. The first-order valence-corrected chi connectivity index (χ1v) is 10.0. The van der Waals surface area contributed by atoms with Crippen LogP contribution in [0.2, 0.25) is 0 Å². The summed E-state index contributed by atoms with van der Waals surface area (Å²) in [6.07, 6.45) is -1.83. The van der Waals surface area contributed by atoms with E-state index in [1.165, 1.54) is 4.90 Å². The van der Waals surface area contributed by atoms with Crippen molar-refractivity contribution in [1.82, 2.24) is 0 Å². The molecule has 0 aliphatic carbocycles. The number of nitrogens with zero attached hydrogens (tertiary/aromatic N) is 2. The van der Waals surface area contributed by atoms with Crippen LogP contribution in [0.5, 0.6) is 0 Å². The summed E-state index contributed by atoms with van der Waals surface area (Å²) in [5.74, 6) is -2.85. The molecule has 2 saturated heterocycles. The van der Waals surface area contributed by atoms with Gasteiger partial charge in [0, 0.05) is 25.2 Å². The Bertz CT molecular complexity index is 853. The summed E-state index contributed by atoms with van der Waals surface area (Å²) in [6.45, 7) is -0.0556. The zero-order valence-electron chi connectivity index (χ0n) is 14.5. The molecule has 3 rings (SSSR count). The second-order valence-corrected chi connectivity index (χ2v) is 8.56. The number of rotatable bonds is 3. The van der Waals surface area contributed by atoms with E-state index in [0.717, 1.165) is 24.1 Å². The summed E-state index contributed by atoms with van der Waals surface area (Å²) >= 11 is 0. The molecule has 148 valence electrons. The van der Waals surface area contributed by atoms with Crippen LogP contribution in [0.15, 0.2) is 12.1 Å². The number of methoxy groups -OCH3 is 1. The fourth-order valence-electron chi connectivity index (χ4n) is 3.10. The van der Waals surface area contributed by atoms with Crippen LogP contribution >= 0.6 is 0 Å². The maximum absolute atomic E-state index is 14.6. The molecule has 0 saturated carbocycles. The standard InChI is InChI=1S/C16H18F2N2O6S/c1-25-15(21)13-9-20(16(22)26-13)10-7-11(17)14(12(18)8-10)19-3-2-5-27(23,24)6-4-19/h7-8,13H,2-6,9H2,1H3. The quantitative estimate of drug-likeness (QED) is 0.696. The van der Waals surface area contributed by atoms with Crippen LogP contribution in [-0.4, -0.2) is 64.8 Å². The van der Waals surface area contributed by atoms with Crippen LogP contribution in [0.3, 0.4) is 0 Å². The average Bonchev–Trinajstić information content (AvgIpc) is 2.90. The van der Waals surface area contributed by atoms with Crippen molar-refractivity contribution in [3.63, 3.8) is 0 Å². The average molecular weight is 404 g/mol. The summed E-state index contributed by atoms with van der Waals surface area (Å²) in [5, 5.41) is 0. The Hall–Kier alpha value is -2.43. The zero-order chi connectivity index (χ0) is 19.8. The van der Waals surface area contributed by atoms with E-state index < -0.39 is 39.6 Å². The smallest absolute Gasteiger partial charge is 0.415 e. The Labute approximate surface area is 154 Å². The van der Waals surface area contributed by atoms with E-state index in [9.17, 15) is 26.8 Å². The molecule has 2 aliphatic rings. The molecular formula is C16H18F2N2O6S. The number of carbonyl (C=O) groups is 2. The van der Waals surface area contributed by atoms with Crippen molar-refractivity contribution in [2.45, 2.75) is 12.5 Å². The lowest BCUT2D eigenvalue weighted by molar-refractivity contribution is -0.148. The molecule has 1 aromatic rings. The Morgan fingerprint density at radius 1 is 1.22 bits per heavy atom. The molecule has 2 aliphatic heterocycles. The Balaban J connectivity index is 1.85. The van der Waals surface area contributed by atoms with Crippen molar-refractivity contribution in [3.05, 3.63) is 23.8 Å². The highest BCUT2D eigenvalue weighted by Gasteiger charge is 2.38. The fourth-order valence-corrected chi connectivity index (χ4v) is 4.37. The molecule has 1 aromatic carbocycles. The monoisotopic (exact) mass is 404 g/mol. The molecule has 0 bridgehead atoms. The lowest BCUT2D eigenvalue weighted by Crippen LogP contribution is -2.30. The second kappa shape index (κ2) is 7.29. The lowest BCUT2D eigenvalue weighted by Gasteiger charge is -2.24. The van der Waals surface area contributed by atoms with Crippen molar-refractivity contribution < 1.29 is 36.3 Å². The van der Waals surface area contributed by atoms with Gasteiger partial charge in [-0.25, -0.2) is 26.8 Å². The molecule has 0 aromatic heterocycles. The summed E-state index contributed by atoms with van der Waals surface area (Å²) in [7, 11) is -2.10. The van der Waals surface area contributed by atoms with Gasteiger partial charge in [0.15, 0.2) is 21.5 Å². The predicted octanol–water partition coefficient (Wildman–Crippen LogP) is 1.09. The van der Waals surface area contributed by atoms with Gasteiger partial charge in [-0.3, -0.25) is 4.90 Å². The number of ether oxygens (including phenoxy) is 2. The maximum Gasteiger partial charge on any atom is 0.415 e. The van der Waals surface area contributed by atoms with Crippen LogP contribution in [0.1, 0.15) is 6.42 Å². The SMILES string of the molecule is COC(=O)C1CN(c2cc(F)c(N3CCCS(=O)(=O)CC3)c(F)c2)C(=O)O1. The lowest BCUT2D eigenvalue weighted by atomic mass is 10.2. The number of sulfone groups is 1. The van der Waals surface area contributed by atoms with Gasteiger partial charge in [0.1, 0.15) is 5.69 Å². The molecule has 11 heteroatoms. The molecule has 8 nitrogen and oxygen atoms in total. The molecule has 2 heterocycles. The Morgan fingerprint density at radius 2 is 1.89 bits per heavy atom. The number of hydrogen-bond acceptors (Lipinski definition) is 7. The van der Waals surface area contributed by atoms with Gasteiger partial charge < -0.3 is 14.4 Å². The largest absolute Gasteiger partial charge is 0.466 e. The fraction of sp³-hybridized carbons (Fsp3) is 0.500. The highest BCUT2D eigenvalue weighted by atomic mass is 32.2. The topological polar surface area (TPSA) is 93.2 Å².